The van der Waals surface area contributed by atoms with Crippen LogP contribution in [0.2, 0.25) is 0 Å². The average Bonchev–Trinajstić information content (AvgIpc) is 3.83. The van der Waals surface area contributed by atoms with Crippen molar-refractivity contribution in [3.63, 3.8) is 0 Å². The molecule has 1 saturated heterocycles. The number of piperazine rings is 1. The van der Waals surface area contributed by atoms with Gasteiger partial charge >= 0.3 is 0 Å². The Morgan fingerprint density at radius 1 is 0.907 bits per heavy atom. The fraction of sp³-hybridized carbons (Fsp3) is 0.382. The van der Waals surface area contributed by atoms with Crippen LogP contribution in [-0.2, 0) is 16.1 Å². The first-order valence-corrected chi connectivity index (χ1v) is 15.1. The Morgan fingerprint density at radius 2 is 1.63 bits per heavy atom. The maximum Gasteiger partial charge on any atom is 0.251 e. The molecule has 1 aliphatic heterocycles. The maximum absolute atomic E-state index is 13.1. The molecule has 3 amide bonds. The Morgan fingerprint density at radius 3 is 2.37 bits per heavy atom. The number of nitrogens with one attached hydrogen (secondary N) is 3. The second-order valence-electron chi connectivity index (χ2n) is 11.3. The number of benzene rings is 3. The van der Waals surface area contributed by atoms with Crippen LogP contribution in [0.1, 0.15) is 40.2 Å². The smallest absolute Gasteiger partial charge is 0.251 e. The van der Waals surface area contributed by atoms with Gasteiger partial charge in [0.05, 0.1) is 13.2 Å². The van der Waals surface area contributed by atoms with Crippen molar-refractivity contribution in [1.29, 1.82) is 0 Å². The summed E-state index contributed by atoms with van der Waals surface area (Å²) in [7, 11) is 2.08. The van der Waals surface area contributed by atoms with Crippen molar-refractivity contribution in [3.05, 3.63) is 102 Å². The van der Waals surface area contributed by atoms with E-state index in [1.54, 1.807) is 24.3 Å². The molecule has 9 heteroatoms. The van der Waals surface area contributed by atoms with Gasteiger partial charge in [-0.25, -0.2) is 0 Å². The summed E-state index contributed by atoms with van der Waals surface area (Å²) in [6.45, 7) is 4.41. The van der Waals surface area contributed by atoms with E-state index in [1.807, 2.05) is 59.5 Å². The van der Waals surface area contributed by atoms with Gasteiger partial charge in [0.15, 0.2) is 0 Å². The van der Waals surface area contributed by atoms with Gasteiger partial charge in [-0.3, -0.25) is 14.4 Å². The van der Waals surface area contributed by atoms with Gasteiger partial charge < -0.3 is 30.5 Å². The molecule has 0 aromatic heterocycles. The lowest BCUT2D eigenvalue weighted by molar-refractivity contribution is -0.131. The molecule has 2 aliphatic rings. The van der Waals surface area contributed by atoms with E-state index < -0.39 is 6.04 Å². The lowest BCUT2D eigenvalue weighted by atomic mass is 10.1. The summed E-state index contributed by atoms with van der Waals surface area (Å²) in [5.41, 5.74) is 2.64. The summed E-state index contributed by atoms with van der Waals surface area (Å²) in [5.74, 6) is 0.655. The monoisotopic (exact) mass is 583 g/mol. The Kier molecular flexibility index (Phi) is 10.4. The molecule has 43 heavy (non-hydrogen) atoms. The van der Waals surface area contributed by atoms with E-state index in [-0.39, 0.29) is 30.4 Å². The summed E-state index contributed by atoms with van der Waals surface area (Å²) in [4.78, 5) is 42.7. The number of nitrogens with zero attached hydrogens (tertiary/aromatic N) is 2. The Hall–Kier alpha value is -4.21. The molecule has 5 rings (SSSR count). The highest BCUT2D eigenvalue weighted by molar-refractivity contribution is 5.97. The summed E-state index contributed by atoms with van der Waals surface area (Å²) in [6, 6.07) is 26.0. The van der Waals surface area contributed by atoms with Gasteiger partial charge in [0.2, 0.25) is 11.8 Å². The van der Waals surface area contributed by atoms with Gasteiger partial charge in [-0.05, 0) is 48.9 Å². The summed E-state index contributed by atoms with van der Waals surface area (Å²) >= 11 is 0. The zero-order chi connectivity index (χ0) is 30.0. The number of ether oxygens (including phenoxy) is 1. The van der Waals surface area contributed by atoms with E-state index in [9.17, 15) is 14.4 Å². The Labute approximate surface area is 253 Å². The van der Waals surface area contributed by atoms with Crippen molar-refractivity contribution >= 4 is 17.7 Å². The topological polar surface area (TPSA) is 103 Å². The van der Waals surface area contributed by atoms with Gasteiger partial charge in [-0.15, -0.1) is 0 Å². The number of likely N-dealkylation sites (N-methyl/N-ethyl adjacent to an activating group) is 1. The number of carbonyl (C=O) groups excluding carboxylic acids is 3. The third-order valence-corrected chi connectivity index (χ3v) is 8.09. The van der Waals surface area contributed by atoms with E-state index >= 15 is 0 Å². The molecule has 2 fully saturated rings. The van der Waals surface area contributed by atoms with Crippen molar-refractivity contribution in [1.82, 2.24) is 25.8 Å². The van der Waals surface area contributed by atoms with E-state index in [0.717, 1.165) is 49.5 Å². The summed E-state index contributed by atoms with van der Waals surface area (Å²) < 4.78 is 6.06. The van der Waals surface area contributed by atoms with Crippen LogP contribution in [0.5, 0.6) is 5.75 Å². The zero-order valence-corrected chi connectivity index (χ0v) is 24.7. The minimum absolute atomic E-state index is 0.164. The fourth-order valence-electron chi connectivity index (χ4n) is 5.31. The molecule has 1 saturated carbocycles. The van der Waals surface area contributed by atoms with Crippen molar-refractivity contribution in [2.45, 2.75) is 37.4 Å². The predicted octanol–water partition coefficient (Wildman–Crippen LogP) is 2.79. The SMILES string of the molecule is CN1CCN(C(=O)CNC2CC2c2cccc(OCC[C@H](NC(=O)c3ccccc3)C(=O)NCc3ccccc3)c2)CC1. The second-order valence-corrected chi connectivity index (χ2v) is 11.3. The highest BCUT2D eigenvalue weighted by atomic mass is 16.5. The second kappa shape index (κ2) is 14.8. The van der Waals surface area contributed by atoms with Crippen LogP contribution in [0, 0.1) is 0 Å². The number of hydrogen-bond acceptors (Lipinski definition) is 6. The first kappa shape index (κ1) is 30.3. The molecule has 3 aromatic carbocycles. The van der Waals surface area contributed by atoms with Gasteiger partial charge in [0.1, 0.15) is 11.8 Å². The van der Waals surface area contributed by atoms with Crippen LogP contribution in [-0.4, -0.2) is 86.0 Å². The average molecular weight is 584 g/mol. The maximum atomic E-state index is 13.1. The molecule has 2 unspecified atom stereocenters. The molecule has 3 N–H and O–H groups in total. The van der Waals surface area contributed by atoms with E-state index in [2.05, 4.69) is 34.0 Å². The Bertz CT molecular complexity index is 1360. The number of carbonyl (C=O) groups is 3. The highest BCUT2D eigenvalue weighted by Gasteiger charge is 2.38. The first-order valence-electron chi connectivity index (χ1n) is 15.1. The van der Waals surface area contributed by atoms with Gasteiger partial charge in [-0.2, -0.15) is 0 Å². The van der Waals surface area contributed by atoms with Crippen molar-refractivity contribution in [2.75, 3.05) is 46.4 Å². The first-order chi connectivity index (χ1) is 21.0. The zero-order valence-electron chi connectivity index (χ0n) is 24.7. The molecule has 3 atom stereocenters. The lowest BCUT2D eigenvalue weighted by Crippen LogP contribution is -2.49. The van der Waals surface area contributed by atoms with Crippen LogP contribution in [0.25, 0.3) is 0 Å². The molecule has 1 heterocycles. The molecule has 226 valence electrons. The molecule has 0 spiro atoms. The van der Waals surface area contributed by atoms with Crippen molar-refractivity contribution in [3.8, 4) is 5.75 Å². The Balaban J connectivity index is 1.11. The normalized spacial score (nSPS) is 18.9. The minimum atomic E-state index is -0.755. The number of amides is 3. The van der Waals surface area contributed by atoms with Crippen LogP contribution < -0.4 is 20.7 Å². The predicted molar refractivity (Wildman–Crippen MR) is 166 cm³/mol. The molecule has 3 aromatic rings. The standard InChI is InChI=1S/C34H41N5O4/c1-38-16-18-39(19-17-38)32(40)24-35-31-22-29(31)27-13-8-14-28(21-27)43-20-15-30(37-33(41)26-11-6-3-7-12-26)34(42)36-23-25-9-4-2-5-10-25/h2-14,21,29-31,35H,15-20,22-24H2,1H3,(H,36,42)(H,37,41)/t29?,30-,31?/m0/s1. The molecular weight excluding hydrogens is 542 g/mol. The molecular formula is C34H41N5O4. The van der Waals surface area contributed by atoms with Crippen LogP contribution in [0.4, 0.5) is 0 Å². The van der Waals surface area contributed by atoms with Gasteiger partial charge in [0, 0.05) is 56.7 Å². The number of rotatable bonds is 13. The van der Waals surface area contributed by atoms with Crippen LogP contribution in [0.15, 0.2) is 84.9 Å². The van der Waals surface area contributed by atoms with Crippen LogP contribution in [0.3, 0.4) is 0 Å². The van der Waals surface area contributed by atoms with Gasteiger partial charge in [0.25, 0.3) is 5.91 Å². The number of hydrogen-bond donors (Lipinski definition) is 3. The lowest BCUT2D eigenvalue weighted by Gasteiger charge is -2.32. The summed E-state index contributed by atoms with van der Waals surface area (Å²) in [5, 5.41) is 9.25. The molecule has 0 radical (unpaired) electrons. The minimum Gasteiger partial charge on any atom is -0.493 e. The quantitative estimate of drug-likeness (QED) is 0.286. The van der Waals surface area contributed by atoms with E-state index in [1.165, 1.54) is 0 Å². The third-order valence-electron chi connectivity index (χ3n) is 8.09. The van der Waals surface area contributed by atoms with E-state index in [4.69, 9.17) is 4.74 Å². The van der Waals surface area contributed by atoms with Crippen molar-refractivity contribution < 1.29 is 19.1 Å². The largest absolute Gasteiger partial charge is 0.493 e. The summed E-state index contributed by atoms with van der Waals surface area (Å²) in [6.07, 6.45) is 1.29. The highest BCUT2D eigenvalue weighted by Crippen LogP contribution is 2.41. The molecule has 9 nitrogen and oxygen atoms in total. The van der Waals surface area contributed by atoms with Crippen LogP contribution >= 0.6 is 0 Å². The molecule has 1 aliphatic carbocycles. The van der Waals surface area contributed by atoms with Gasteiger partial charge in [-0.1, -0.05) is 60.7 Å². The fourth-order valence-corrected chi connectivity index (χ4v) is 5.31. The van der Waals surface area contributed by atoms with E-state index in [0.29, 0.717) is 31.0 Å². The molecule has 0 bridgehead atoms. The van der Waals surface area contributed by atoms with Crippen molar-refractivity contribution in [2.24, 2.45) is 0 Å². The third kappa shape index (κ3) is 8.89.